The summed E-state index contributed by atoms with van der Waals surface area (Å²) in [5.74, 6) is -1.44. The molecule has 15 heteroatoms. The van der Waals surface area contributed by atoms with Gasteiger partial charge in [-0.3, -0.25) is 10.1 Å². The lowest BCUT2D eigenvalue weighted by molar-refractivity contribution is -0.154. The molecule has 2 amide bonds. The van der Waals surface area contributed by atoms with Gasteiger partial charge >= 0.3 is 24.1 Å². The highest BCUT2D eigenvalue weighted by Crippen LogP contribution is 2.26. The Bertz CT molecular complexity index is 1630. The van der Waals surface area contributed by atoms with E-state index in [2.05, 4.69) is 25.7 Å². The molecule has 2 aromatic heterocycles. The number of carbonyl (C=O) groups is 4. The van der Waals surface area contributed by atoms with Gasteiger partial charge in [0.1, 0.15) is 23.1 Å². The number of nitrogens with zero attached hydrogens (tertiary/aromatic N) is 4. The van der Waals surface area contributed by atoms with Gasteiger partial charge in [-0.25, -0.2) is 23.9 Å². The first-order valence-corrected chi connectivity index (χ1v) is 14.2. The van der Waals surface area contributed by atoms with Gasteiger partial charge in [-0.1, -0.05) is 11.6 Å². The molecule has 0 aliphatic heterocycles. The highest BCUT2D eigenvalue weighted by atomic mass is 35.5. The van der Waals surface area contributed by atoms with Gasteiger partial charge in [-0.05, 0) is 92.6 Å². The van der Waals surface area contributed by atoms with E-state index in [1.165, 1.54) is 35.1 Å². The number of anilines is 1. The van der Waals surface area contributed by atoms with Crippen LogP contribution in [0.2, 0.25) is 5.02 Å². The van der Waals surface area contributed by atoms with Crippen LogP contribution in [0.4, 0.5) is 15.3 Å². The van der Waals surface area contributed by atoms with Crippen molar-refractivity contribution in [1.82, 2.24) is 19.9 Å². The standard InChI is InChI=1S/C30H37ClN6O8/c1-28(2,3)43-22(38)15-18-11-13-21(23-32-16-33-37(18)23)42-24(39)17-10-12-20(19(31)14-17)34-25(35-26(40)44-29(4,5)6)36-27(41)45-30(7,8)9/h10-14,16H,15H2,1-9H3,(H2,34,35,36,40,41). The van der Waals surface area contributed by atoms with Crippen molar-refractivity contribution in [2.24, 2.45) is 4.99 Å². The Morgan fingerprint density at radius 3 is 2.13 bits per heavy atom. The Hall–Kier alpha value is -4.72. The third-order valence-electron chi connectivity index (χ3n) is 5.09. The Kier molecular flexibility index (Phi) is 10.4. The molecule has 14 nitrogen and oxygen atoms in total. The number of esters is 2. The van der Waals surface area contributed by atoms with Gasteiger partial charge in [0.15, 0.2) is 11.4 Å². The van der Waals surface area contributed by atoms with Gasteiger partial charge in [0, 0.05) is 0 Å². The van der Waals surface area contributed by atoms with E-state index in [4.69, 9.17) is 30.5 Å². The van der Waals surface area contributed by atoms with Gasteiger partial charge in [-0.2, -0.15) is 5.10 Å². The summed E-state index contributed by atoms with van der Waals surface area (Å²) in [7, 11) is 0. The average molecular weight is 645 g/mol. The molecule has 0 saturated heterocycles. The summed E-state index contributed by atoms with van der Waals surface area (Å²) in [6.07, 6.45) is -0.665. The number of hydrogen-bond donors (Lipinski definition) is 2. The van der Waals surface area contributed by atoms with Gasteiger partial charge < -0.3 is 24.3 Å². The number of carbonyl (C=O) groups excluding carboxylic acids is 4. The monoisotopic (exact) mass is 644 g/mol. The summed E-state index contributed by atoms with van der Waals surface area (Å²) in [4.78, 5) is 58.1. The number of fused-ring (bicyclic) bond motifs is 1. The molecular formula is C30H37ClN6O8. The fraction of sp³-hybridized carbons (Fsp3) is 0.433. The van der Waals surface area contributed by atoms with Crippen LogP contribution < -0.4 is 15.4 Å². The molecule has 0 aliphatic rings. The zero-order valence-electron chi connectivity index (χ0n) is 26.6. The smallest absolute Gasteiger partial charge is 0.437 e. The predicted octanol–water partition coefficient (Wildman–Crippen LogP) is 5.71. The number of nitrogens with one attached hydrogen (secondary N) is 2. The van der Waals surface area contributed by atoms with E-state index >= 15 is 0 Å². The van der Waals surface area contributed by atoms with Crippen molar-refractivity contribution in [2.45, 2.75) is 85.5 Å². The minimum Gasteiger partial charge on any atom is -0.460 e. The fourth-order valence-corrected chi connectivity index (χ4v) is 3.80. The minimum atomic E-state index is -0.978. The number of aromatic nitrogens is 3. The summed E-state index contributed by atoms with van der Waals surface area (Å²) in [5.41, 5.74) is -1.35. The summed E-state index contributed by atoms with van der Waals surface area (Å²) in [6, 6.07) is 7.24. The van der Waals surface area contributed by atoms with Crippen molar-refractivity contribution < 1.29 is 38.1 Å². The minimum absolute atomic E-state index is 0.0349. The lowest BCUT2D eigenvalue weighted by Gasteiger charge is -2.21. The fourth-order valence-electron chi connectivity index (χ4n) is 3.57. The number of rotatable bonds is 5. The Morgan fingerprint density at radius 2 is 1.53 bits per heavy atom. The topological polar surface area (TPSA) is 172 Å². The number of halogens is 1. The number of aliphatic imine (C=N–C) groups is 1. The van der Waals surface area contributed by atoms with E-state index in [-0.39, 0.29) is 40.1 Å². The molecule has 2 heterocycles. The maximum Gasteiger partial charge on any atom is 0.437 e. The average Bonchev–Trinajstić information content (AvgIpc) is 3.34. The van der Waals surface area contributed by atoms with Crippen LogP contribution in [-0.4, -0.2) is 61.5 Å². The molecular weight excluding hydrogens is 608 g/mol. The van der Waals surface area contributed by atoms with Crippen LogP contribution in [0.15, 0.2) is 41.7 Å². The van der Waals surface area contributed by atoms with Crippen molar-refractivity contribution in [1.29, 1.82) is 0 Å². The highest BCUT2D eigenvalue weighted by molar-refractivity contribution is 6.34. The van der Waals surface area contributed by atoms with Crippen LogP contribution in [0.3, 0.4) is 0 Å². The normalized spacial score (nSPS) is 12.4. The Labute approximate surface area is 265 Å². The summed E-state index contributed by atoms with van der Waals surface area (Å²) < 4.78 is 22.8. The molecule has 0 radical (unpaired) electrons. The van der Waals surface area contributed by atoms with E-state index in [1.807, 2.05) is 0 Å². The molecule has 242 valence electrons. The SMILES string of the molecule is CC(C)(C)OC(=O)Cc1ccc(OC(=O)c2ccc(N/C(=N\C(=O)OC(C)(C)C)NC(=O)OC(C)(C)C)c(Cl)c2)c2ncnn12. The van der Waals surface area contributed by atoms with Gasteiger partial charge in [-0.15, -0.1) is 4.99 Å². The Balaban J connectivity index is 1.79. The molecule has 3 aromatic rings. The lowest BCUT2D eigenvalue weighted by Crippen LogP contribution is -2.40. The van der Waals surface area contributed by atoms with Crippen LogP contribution in [0.25, 0.3) is 5.65 Å². The first kappa shape index (κ1) is 34.8. The second-order valence-corrected chi connectivity index (χ2v) is 13.1. The highest BCUT2D eigenvalue weighted by Gasteiger charge is 2.23. The third kappa shape index (κ3) is 11.1. The summed E-state index contributed by atoms with van der Waals surface area (Å²) in [6.45, 7) is 15.3. The largest absolute Gasteiger partial charge is 0.460 e. The van der Waals surface area contributed by atoms with Crippen molar-refractivity contribution in [3.63, 3.8) is 0 Å². The third-order valence-corrected chi connectivity index (χ3v) is 5.40. The molecule has 0 atom stereocenters. The number of ether oxygens (including phenoxy) is 4. The van der Waals surface area contributed by atoms with Crippen molar-refractivity contribution in [3.8, 4) is 5.75 Å². The maximum absolute atomic E-state index is 13.1. The summed E-state index contributed by atoms with van der Waals surface area (Å²) in [5, 5.41) is 9.28. The predicted molar refractivity (Wildman–Crippen MR) is 166 cm³/mol. The van der Waals surface area contributed by atoms with E-state index in [0.29, 0.717) is 5.69 Å². The molecule has 1 aromatic carbocycles. The number of pyridine rings is 1. The second-order valence-electron chi connectivity index (χ2n) is 12.7. The second kappa shape index (κ2) is 13.5. The number of benzene rings is 1. The van der Waals surface area contributed by atoms with E-state index < -0.39 is 40.9 Å². The van der Waals surface area contributed by atoms with Crippen molar-refractivity contribution in [2.75, 3.05) is 5.32 Å². The number of guanidine groups is 1. The molecule has 0 aliphatic carbocycles. The Morgan fingerprint density at radius 1 is 0.889 bits per heavy atom. The zero-order valence-corrected chi connectivity index (χ0v) is 27.4. The molecule has 0 unspecified atom stereocenters. The van der Waals surface area contributed by atoms with Crippen LogP contribution in [-0.2, 0) is 25.4 Å². The number of alkyl carbamates (subject to hydrolysis) is 1. The molecule has 0 bridgehead atoms. The van der Waals surface area contributed by atoms with Gasteiger partial charge in [0.2, 0.25) is 5.96 Å². The lowest BCUT2D eigenvalue weighted by atomic mass is 10.2. The van der Waals surface area contributed by atoms with Gasteiger partial charge in [0.25, 0.3) is 0 Å². The maximum atomic E-state index is 13.1. The van der Waals surface area contributed by atoms with Crippen molar-refractivity contribution >= 4 is 53.0 Å². The molecule has 0 fully saturated rings. The van der Waals surface area contributed by atoms with Crippen molar-refractivity contribution in [3.05, 3.63) is 52.9 Å². The molecule has 0 spiro atoms. The molecule has 0 saturated carbocycles. The van der Waals surface area contributed by atoms with Crippen LogP contribution in [0.1, 0.15) is 78.4 Å². The van der Waals surface area contributed by atoms with E-state index in [1.54, 1.807) is 68.4 Å². The quantitative estimate of drug-likeness (QED) is 0.151. The van der Waals surface area contributed by atoms with Gasteiger partial charge in [0.05, 0.1) is 28.4 Å². The summed E-state index contributed by atoms with van der Waals surface area (Å²) >= 11 is 6.44. The molecule has 45 heavy (non-hydrogen) atoms. The van der Waals surface area contributed by atoms with Crippen LogP contribution >= 0.6 is 11.6 Å². The first-order chi connectivity index (χ1) is 20.7. The van der Waals surface area contributed by atoms with Crippen LogP contribution in [0, 0.1) is 0 Å². The molecule has 3 rings (SSSR count). The van der Waals surface area contributed by atoms with Crippen LogP contribution in [0.5, 0.6) is 5.75 Å². The first-order valence-electron chi connectivity index (χ1n) is 13.8. The number of amides is 2. The number of hydrogen-bond acceptors (Lipinski definition) is 10. The zero-order chi connectivity index (χ0) is 33.7. The van der Waals surface area contributed by atoms with E-state index in [0.717, 1.165) is 0 Å². The molecule has 2 N–H and O–H groups in total. The van der Waals surface area contributed by atoms with E-state index in [9.17, 15) is 19.2 Å².